The third kappa shape index (κ3) is 2.33. The fourth-order valence-electron chi connectivity index (χ4n) is 1.37. The number of rotatable bonds is 4. The van der Waals surface area contributed by atoms with E-state index in [0.717, 1.165) is 0 Å². The Kier molecular flexibility index (Phi) is 3.90. The molecule has 0 atom stereocenters. The van der Waals surface area contributed by atoms with Gasteiger partial charge in [0, 0.05) is 5.56 Å². The Morgan fingerprint density at radius 3 is 1.81 bits per heavy atom. The first kappa shape index (κ1) is 12.5. The van der Waals surface area contributed by atoms with Gasteiger partial charge >= 0.3 is 0 Å². The van der Waals surface area contributed by atoms with Crippen LogP contribution in [0, 0.1) is 0 Å². The van der Waals surface area contributed by atoms with E-state index in [1.165, 1.54) is 33.3 Å². The predicted molar refractivity (Wildman–Crippen MR) is 59.7 cm³/mol. The Balaban J connectivity index is 3.49. The minimum absolute atomic E-state index is 0.206. The molecule has 16 heavy (non-hydrogen) atoms. The van der Waals surface area contributed by atoms with Crippen LogP contribution in [0.1, 0.15) is 27.6 Å². The first-order chi connectivity index (χ1) is 7.51. The number of halogens is 1. The lowest BCUT2D eigenvalue weighted by Gasteiger charge is -2.11. The molecule has 0 heterocycles. The van der Waals surface area contributed by atoms with Crippen molar-refractivity contribution in [1.29, 1.82) is 0 Å². The van der Waals surface area contributed by atoms with Crippen molar-refractivity contribution in [3.8, 4) is 11.5 Å². The van der Waals surface area contributed by atoms with Gasteiger partial charge in [0.1, 0.15) is 17.1 Å². The molecular formula is C11H11ClO4. The van der Waals surface area contributed by atoms with E-state index >= 15 is 0 Å². The van der Waals surface area contributed by atoms with Crippen LogP contribution in [0.2, 0.25) is 0 Å². The van der Waals surface area contributed by atoms with Crippen molar-refractivity contribution < 1.29 is 19.1 Å². The van der Waals surface area contributed by atoms with E-state index in [1.54, 1.807) is 0 Å². The lowest BCUT2D eigenvalue weighted by molar-refractivity contribution is 0.100. The van der Waals surface area contributed by atoms with Crippen molar-refractivity contribution >= 4 is 22.6 Å². The third-order valence-corrected chi connectivity index (χ3v) is 2.30. The first-order valence-electron chi connectivity index (χ1n) is 4.48. The fourth-order valence-corrected chi connectivity index (χ4v) is 1.48. The number of hydrogen-bond acceptors (Lipinski definition) is 4. The van der Waals surface area contributed by atoms with Crippen molar-refractivity contribution in [2.75, 3.05) is 14.2 Å². The number of carbonyl (C=O) groups excluding carboxylic acids is 2. The van der Waals surface area contributed by atoms with E-state index in [1.807, 2.05) is 0 Å². The van der Waals surface area contributed by atoms with Gasteiger partial charge in [-0.15, -0.1) is 0 Å². The van der Waals surface area contributed by atoms with Gasteiger partial charge in [-0.3, -0.25) is 9.59 Å². The number of carbonyl (C=O) groups is 2. The van der Waals surface area contributed by atoms with Crippen LogP contribution in [0.25, 0.3) is 0 Å². The molecule has 0 unspecified atom stereocenters. The van der Waals surface area contributed by atoms with Gasteiger partial charge in [0.15, 0.2) is 5.78 Å². The fraction of sp³-hybridized carbons (Fsp3) is 0.273. The molecule has 0 amide bonds. The minimum Gasteiger partial charge on any atom is -0.496 e. The van der Waals surface area contributed by atoms with Crippen LogP contribution >= 0.6 is 11.6 Å². The van der Waals surface area contributed by atoms with Gasteiger partial charge in [-0.2, -0.15) is 0 Å². The average Bonchev–Trinajstić information content (AvgIpc) is 2.26. The normalized spacial score (nSPS) is 9.75. The molecule has 1 aromatic rings. The van der Waals surface area contributed by atoms with Crippen molar-refractivity contribution in [2.24, 2.45) is 0 Å². The maximum Gasteiger partial charge on any atom is 0.252 e. The number of ether oxygens (including phenoxy) is 2. The number of benzene rings is 1. The lowest BCUT2D eigenvalue weighted by atomic mass is 10.1. The zero-order valence-corrected chi connectivity index (χ0v) is 9.92. The van der Waals surface area contributed by atoms with Crippen molar-refractivity contribution in [3.63, 3.8) is 0 Å². The molecule has 0 bridgehead atoms. The highest BCUT2D eigenvalue weighted by Crippen LogP contribution is 2.31. The summed E-state index contributed by atoms with van der Waals surface area (Å²) in [6, 6.07) is 2.82. The molecule has 0 aromatic heterocycles. The van der Waals surface area contributed by atoms with Gasteiger partial charge in [-0.1, -0.05) is 0 Å². The van der Waals surface area contributed by atoms with Gasteiger partial charge in [-0.05, 0) is 30.7 Å². The zero-order valence-electron chi connectivity index (χ0n) is 9.17. The zero-order chi connectivity index (χ0) is 12.3. The van der Waals surface area contributed by atoms with Gasteiger partial charge in [0.05, 0.1) is 14.2 Å². The van der Waals surface area contributed by atoms with Gasteiger partial charge in [-0.25, -0.2) is 0 Å². The third-order valence-electron chi connectivity index (χ3n) is 2.08. The summed E-state index contributed by atoms with van der Waals surface area (Å²) in [6.45, 7) is 1.39. The molecular weight excluding hydrogens is 232 g/mol. The summed E-state index contributed by atoms with van der Waals surface area (Å²) in [5, 5.41) is -0.633. The highest BCUT2D eigenvalue weighted by atomic mass is 35.5. The van der Waals surface area contributed by atoms with Crippen LogP contribution in [-0.4, -0.2) is 25.2 Å². The summed E-state index contributed by atoms with van der Waals surface area (Å²) in [7, 11) is 2.81. The molecule has 0 aliphatic carbocycles. The highest BCUT2D eigenvalue weighted by Gasteiger charge is 2.18. The quantitative estimate of drug-likeness (QED) is 0.600. The standard InChI is InChI=1S/C11H11ClO4/c1-6(13)10-8(15-2)4-7(11(12)14)5-9(10)16-3/h4-5H,1-3H3. The van der Waals surface area contributed by atoms with E-state index in [-0.39, 0.29) is 22.8 Å². The van der Waals surface area contributed by atoms with Crippen LogP contribution in [0.15, 0.2) is 12.1 Å². The molecule has 4 nitrogen and oxygen atoms in total. The summed E-state index contributed by atoms with van der Waals surface area (Å²) in [5.41, 5.74) is 0.520. The molecule has 0 N–H and O–H groups in total. The maximum atomic E-state index is 11.4. The van der Waals surface area contributed by atoms with Crippen LogP contribution in [0.4, 0.5) is 0 Å². The van der Waals surface area contributed by atoms with Gasteiger partial charge in [0.25, 0.3) is 5.24 Å². The van der Waals surface area contributed by atoms with E-state index in [0.29, 0.717) is 5.56 Å². The first-order valence-corrected chi connectivity index (χ1v) is 4.85. The number of ketones is 1. The lowest BCUT2D eigenvalue weighted by Crippen LogP contribution is -2.04. The molecule has 0 radical (unpaired) electrons. The average molecular weight is 243 g/mol. The molecule has 0 saturated carbocycles. The van der Waals surface area contributed by atoms with Gasteiger partial charge in [0.2, 0.25) is 0 Å². The molecule has 5 heteroatoms. The second-order valence-electron chi connectivity index (χ2n) is 3.09. The van der Waals surface area contributed by atoms with Crippen molar-refractivity contribution in [3.05, 3.63) is 23.3 Å². The number of methoxy groups -OCH3 is 2. The van der Waals surface area contributed by atoms with Crippen LogP contribution < -0.4 is 9.47 Å². The summed E-state index contributed by atoms with van der Waals surface area (Å²) in [4.78, 5) is 22.4. The molecule has 0 aliphatic rings. The molecule has 0 aliphatic heterocycles. The molecule has 0 fully saturated rings. The molecule has 0 spiro atoms. The van der Waals surface area contributed by atoms with E-state index < -0.39 is 5.24 Å². The molecule has 0 saturated heterocycles. The Labute approximate surface area is 98.1 Å². The Hall–Kier alpha value is -1.55. The molecule has 1 aromatic carbocycles. The summed E-state index contributed by atoms with van der Waals surface area (Å²) < 4.78 is 10.1. The maximum absolute atomic E-state index is 11.4. The van der Waals surface area contributed by atoms with Crippen LogP contribution in [0.5, 0.6) is 11.5 Å². The molecule has 86 valence electrons. The number of Topliss-reactive ketones (excluding diaryl/α,β-unsaturated/α-hetero) is 1. The van der Waals surface area contributed by atoms with Gasteiger partial charge < -0.3 is 9.47 Å². The SMILES string of the molecule is COc1cc(C(=O)Cl)cc(OC)c1C(C)=O. The number of hydrogen-bond donors (Lipinski definition) is 0. The van der Waals surface area contributed by atoms with E-state index in [2.05, 4.69) is 0 Å². The Morgan fingerprint density at radius 1 is 1.12 bits per heavy atom. The van der Waals surface area contributed by atoms with Crippen molar-refractivity contribution in [2.45, 2.75) is 6.92 Å². The summed E-state index contributed by atoms with van der Waals surface area (Å²) in [5.74, 6) is 0.342. The second-order valence-corrected chi connectivity index (χ2v) is 3.43. The largest absolute Gasteiger partial charge is 0.496 e. The minimum atomic E-state index is -0.633. The van der Waals surface area contributed by atoms with E-state index in [4.69, 9.17) is 21.1 Å². The van der Waals surface area contributed by atoms with Crippen LogP contribution in [0.3, 0.4) is 0 Å². The highest BCUT2D eigenvalue weighted by molar-refractivity contribution is 6.67. The monoisotopic (exact) mass is 242 g/mol. The summed E-state index contributed by atoms with van der Waals surface area (Å²) >= 11 is 5.36. The summed E-state index contributed by atoms with van der Waals surface area (Å²) in [6.07, 6.45) is 0. The molecule has 1 rings (SSSR count). The van der Waals surface area contributed by atoms with Crippen molar-refractivity contribution in [1.82, 2.24) is 0 Å². The topological polar surface area (TPSA) is 52.6 Å². The Morgan fingerprint density at radius 2 is 1.56 bits per heavy atom. The Bertz CT molecular complexity index is 415. The van der Waals surface area contributed by atoms with E-state index in [9.17, 15) is 9.59 Å². The van der Waals surface area contributed by atoms with Crippen LogP contribution in [-0.2, 0) is 0 Å². The smallest absolute Gasteiger partial charge is 0.252 e. The predicted octanol–water partition coefficient (Wildman–Crippen LogP) is 2.29. The second kappa shape index (κ2) is 4.99.